The predicted molar refractivity (Wildman–Crippen MR) is 110 cm³/mol. The monoisotopic (exact) mass is 414 g/mol. The summed E-state index contributed by atoms with van der Waals surface area (Å²) in [5, 5.41) is 0. The predicted octanol–water partition coefficient (Wildman–Crippen LogP) is 3.93. The summed E-state index contributed by atoms with van der Waals surface area (Å²) in [5.74, 6) is 0.428. The van der Waals surface area contributed by atoms with Gasteiger partial charge in [0, 0.05) is 25.4 Å². The van der Waals surface area contributed by atoms with E-state index in [1.54, 1.807) is 38.5 Å². The standard InChI is InChI=1S/C24H30O6/c1-14-10-11-24-18(15(2)22(28-5)30-24)13-19(25)23(24,3)20(12-14)29-21(26)16-6-8-17(27-4)9-7-16/h6-9,12,15,18,20,22H,10-11,13H2,1-5H3/t15-,18+,20+,22+,23+,24-/m0/s1. The molecule has 1 aromatic carbocycles. The second-order valence-electron chi connectivity index (χ2n) is 8.97. The van der Waals surface area contributed by atoms with E-state index in [0.29, 0.717) is 24.2 Å². The number of rotatable bonds is 4. The number of ether oxygens (including phenoxy) is 4. The molecule has 30 heavy (non-hydrogen) atoms. The fourth-order valence-electron chi connectivity index (χ4n) is 5.64. The zero-order valence-corrected chi connectivity index (χ0v) is 18.3. The van der Waals surface area contributed by atoms with Gasteiger partial charge in [0.15, 0.2) is 6.29 Å². The molecule has 0 aromatic heterocycles. The van der Waals surface area contributed by atoms with Gasteiger partial charge in [0.25, 0.3) is 0 Å². The number of hydrogen-bond donors (Lipinski definition) is 0. The van der Waals surface area contributed by atoms with Gasteiger partial charge < -0.3 is 18.9 Å². The molecule has 1 saturated carbocycles. The molecule has 0 bridgehead atoms. The molecule has 2 aliphatic carbocycles. The molecule has 0 amide bonds. The zero-order valence-electron chi connectivity index (χ0n) is 18.3. The largest absolute Gasteiger partial charge is 0.497 e. The Balaban J connectivity index is 1.70. The van der Waals surface area contributed by atoms with E-state index in [9.17, 15) is 9.59 Å². The first-order chi connectivity index (χ1) is 14.3. The number of carbonyl (C=O) groups is 2. The van der Waals surface area contributed by atoms with Crippen molar-refractivity contribution in [1.29, 1.82) is 0 Å². The van der Waals surface area contributed by atoms with Gasteiger partial charge in [0.1, 0.15) is 17.6 Å². The third-order valence-electron chi connectivity index (χ3n) is 7.54. The summed E-state index contributed by atoms with van der Waals surface area (Å²) in [6.07, 6.45) is 2.79. The Morgan fingerprint density at radius 2 is 1.90 bits per heavy atom. The molecular formula is C24H30O6. The van der Waals surface area contributed by atoms with Crippen LogP contribution in [0.5, 0.6) is 5.75 Å². The van der Waals surface area contributed by atoms with Crippen LogP contribution in [0.1, 0.15) is 50.4 Å². The molecule has 1 heterocycles. The topological polar surface area (TPSA) is 71.1 Å². The Bertz CT molecular complexity index is 874. The fraction of sp³-hybridized carbons (Fsp3) is 0.583. The van der Waals surface area contributed by atoms with Crippen molar-refractivity contribution >= 4 is 11.8 Å². The minimum absolute atomic E-state index is 0.0430. The third-order valence-corrected chi connectivity index (χ3v) is 7.54. The quantitative estimate of drug-likeness (QED) is 0.549. The molecule has 0 N–H and O–H groups in total. The van der Waals surface area contributed by atoms with E-state index in [0.717, 1.165) is 12.0 Å². The first-order valence-corrected chi connectivity index (χ1v) is 10.5. The van der Waals surface area contributed by atoms with Crippen LogP contribution < -0.4 is 4.74 Å². The number of methoxy groups -OCH3 is 2. The van der Waals surface area contributed by atoms with Crippen molar-refractivity contribution in [2.24, 2.45) is 17.3 Å². The average Bonchev–Trinajstić information content (AvgIpc) is 3.10. The van der Waals surface area contributed by atoms with E-state index in [1.165, 1.54) is 0 Å². The van der Waals surface area contributed by atoms with Crippen LogP contribution in [-0.2, 0) is 19.0 Å². The van der Waals surface area contributed by atoms with Gasteiger partial charge >= 0.3 is 5.97 Å². The van der Waals surface area contributed by atoms with Crippen molar-refractivity contribution in [2.75, 3.05) is 14.2 Å². The Labute approximate surface area is 177 Å². The van der Waals surface area contributed by atoms with Gasteiger partial charge in [-0.25, -0.2) is 4.79 Å². The maximum atomic E-state index is 13.4. The summed E-state index contributed by atoms with van der Waals surface area (Å²) in [5.41, 5.74) is -0.153. The molecule has 6 nitrogen and oxygen atoms in total. The number of ketones is 1. The number of allylic oxidation sites excluding steroid dienone is 1. The lowest BCUT2D eigenvalue weighted by atomic mass is 9.67. The molecule has 1 aliphatic heterocycles. The smallest absolute Gasteiger partial charge is 0.338 e. The highest BCUT2D eigenvalue weighted by molar-refractivity contribution is 5.93. The second kappa shape index (κ2) is 7.50. The summed E-state index contributed by atoms with van der Waals surface area (Å²) in [4.78, 5) is 26.4. The molecule has 1 aromatic rings. The maximum Gasteiger partial charge on any atom is 0.338 e. The highest BCUT2D eigenvalue weighted by atomic mass is 16.7. The lowest BCUT2D eigenvalue weighted by molar-refractivity contribution is -0.210. The van der Waals surface area contributed by atoms with E-state index in [4.69, 9.17) is 18.9 Å². The second-order valence-corrected chi connectivity index (χ2v) is 8.97. The van der Waals surface area contributed by atoms with Gasteiger partial charge in [-0.3, -0.25) is 4.79 Å². The normalized spacial score (nSPS) is 37.8. The van der Waals surface area contributed by atoms with Crippen molar-refractivity contribution in [3.8, 4) is 5.75 Å². The van der Waals surface area contributed by atoms with Gasteiger partial charge in [0.05, 0.1) is 23.7 Å². The fourth-order valence-corrected chi connectivity index (χ4v) is 5.64. The van der Waals surface area contributed by atoms with E-state index in [2.05, 4.69) is 6.92 Å². The van der Waals surface area contributed by atoms with Crippen LogP contribution in [0.25, 0.3) is 0 Å². The Hall–Kier alpha value is -2.18. The zero-order chi connectivity index (χ0) is 21.7. The minimum Gasteiger partial charge on any atom is -0.497 e. The Kier molecular flexibility index (Phi) is 5.27. The van der Waals surface area contributed by atoms with Crippen LogP contribution in [0.15, 0.2) is 35.9 Å². The molecule has 1 saturated heterocycles. The first-order valence-electron chi connectivity index (χ1n) is 10.5. The molecule has 162 valence electrons. The first kappa shape index (κ1) is 21.1. The molecule has 1 spiro atoms. The molecule has 6 atom stereocenters. The molecule has 0 radical (unpaired) electrons. The Morgan fingerprint density at radius 3 is 2.53 bits per heavy atom. The summed E-state index contributed by atoms with van der Waals surface area (Å²) in [7, 11) is 3.21. The SMILES string of the molecule is COc1ccc(C(=O)O[C@@H]2C=C(C)CC[C@]34O[C@@H](OC)[C@@H](C)[C@H]3CC(=O)[C@]24C)cc1. The van der Waals surface area contributed by atoms with Crippen LogP contribution in [0.2, 0.25) is 0 Å². The van der Waals surface area contributed by atoms with Crippen molar-refractivity contribution in [3.63, 3.8) is 0 Å². The highest BCUT2D eigenvalue weighted by Crippen LogP contribution is 2.63. The van der Waals surface area contributed by atoms with Crippen LogP contribution in [0, 0.1) is 17.3 Å². The number of Topliss-reactive ketones (excluding diaryl/α,β-unsaturated/α-hetero) is 1. The van der Waals surface area contributed by atoms with Crippen LogP contribution in [-0.4, -0.2) is 44.0 Å². The van der Waals surface area contributed by atoms with Crippen molar-refractivity contribution < 1.29 is 28.5 Å². The summed E-state index contributed by atoms with van der Waals surface area (Å²) in [6.45, 7) is 6.00. The van der Waals surface area contributed by atoms with Crippen LogP contribution in [0.4, 0.5) is 0 Å². The summed E-state index contributed by atoms with van der Waals surface area (Å²) >= 11 is 0. The number of benzene rings is 1. The number of carbonyl (C=O) groups excluding carboxylic acids is 2. The molecule has 3 aliphatic rings. The van der Waals surface area contributed by atoms with Gasteiger partial charge in [-0.15, -0.1) is 0 Å². The van der Waals surface area contributed by atoms with E-state index in [-0.39, 0.29) is 23.9 Å². The van der Waals surface area contributed by atoms with E-state index in [1.807, 2.05) is 19.9 Å². The number of hydrogen-bond acceptors (Lipinski definition) is 6. The molecular weight excluding hydrogens is 384 g/mol. The maximum absolute atomic E-state index is 13.4. The van der Waals surface area contributed by atoms with E-state index < -0.39 is 23.1 Å². The van der Waals surface area contributed by atoms with Crippen LogP contribution >= 0.6 is 0 Å². The minimum atomic E-state index is -0.959. The number of esters is 1. The lowest BCUT2D eigenvalue weighted by Gasteiger charge is -2.44. The Morgan fingerprint density at radius 1 is 1.20 bits per heavy atom. The molecule has 6 heteroatoms. The van der Waals surface area contributed by atoms with Crippen molar-refractivity contribution in [3.05, 3.63) is 41.5 Å². The molecule has 0 unspecified atom stereocenters. The van der Waals surface area contributed by atoms with Crippen molar-refractivity contribution in [2.45, 2.75) is 58.0 Å². The molecule has 4 rings (SSSR count). The summed E-state index contributed by atoms with van der Waals surface area (Å²) in [6, 6.07) is 6.77. The average molecular weight is 414 g/mol. The molecule has 2 fully saturated rings. The van der Waals surface area contributed by atoms with Gasteiger partial charge in [-0.1, -0.05) is 12.5 Å². The van der Waals surface area contributed by atoms with Crippen LogP contribution in [0.3, 0.4) is 0 Å². The van der Waals surface area contributed by atoms with Gasteiger partial charge in [-0.05, 0) is 57.0 Å². The van der Waals surface area contributed by atoms with Crippen molar-refractivity contribution in [1.82, 2.24) is 0 Å². The summed E-state index contributed by atoms with van der Waals surface area (Å²) < 4.78 is 23.2. The third kappa shape index (κ3) is 2.92. The van der Waals surface area contributed by atoms with E-state index >= 15 is 0 Å². The highest BCUT2D eigenvalue weighted by Gasteiger charge is 2.72. The van der Waals surface area contributed by atoms with Gasteiger partial charge in [-0.2, -0.15) is 0 Å². The van der Waals surface area contributed by atoms with Gasteiger partial charge in [0.2, 0.25) is 0 Å². The lowest BCUT2D eigenvalue weighted by Crippen LogP contribution is -2.55.